The molecule has 5 heteroatoms. The average molecular weight is 355 g/mol. The van der Waals surface area contributed by atoms with Crippen LogP contribution in [0.1, 0.15) is 5.56 Å². The Hall–Kier alpha value is -2.90. The van der Waals surface area contributed by atoms with E-state index in [-0.39, 0.29) is 19.2 Å². The van der Waals surface area contributed by atoms with Crippen LogP contribution in [0, 0.1) is 11.8 Å². The van der Waals surface area contributed by atoms with Crippen molar-refractivity contribution in [2.45, 2.75) is 6.42 Å². The van der Waals surface area contributed by atoms with Crippen molar-refractivity contribution in [1.82, 2.24) is 5.32 Å². The van der Waals surface area contributed by atoms with Crippen molar-refractivity contribution in [2.75, 3.05) is 18.5 Å². The van der Waals surface area contributed by atoms with Crippen LogP contribution in [0.4, 0.5) is 10.5 Å². The summed E-state index contributed by atoms with van der Waals surface area (Å²) in [5, 5.41) is 5.89. The highest BCUT2D eigenvalue weighted by Gasteiger charge is 2.01. The Kier molecular flexibility index (Phi) is 7.42. The van der Waals surface area contributed by atoms with Gasteiger partial charge in [0.2, 0.25) is 0 Å². The molecule has 0 radical (unpaired) electrons. The summed E-state index contributed by atoms with van der Waals surface area (Å²) in [6, 6.07) is 14.4. The predicted octanol–water partition coefficient (Wildman–Crippen LogP) is 4.27. The van der Waals surface area contributed by atoms with E-state index in [0.717, 1.165) is 17.7 Å². The molecule has 0 aliphatic heterocycles. The number of para-hydroxylation sites is 1. The molecule has 0 aromatic heterocycles. The number of anilines is 1. The highest BCUT2D eigenvalue weighted by atomic mass is 35.5. The lowest BCUT2D eigenvalue weighted by atomic mass is 10.1. The standard InChI is InChI=1S/C20H19ClN2O2/c1-2-8-16-9-3-4-12-19(16)25-14-6-5-13-22-20(24)23-18-11-7-10-17(21)15-18/h2-4,7,9-12,15H,1,8,13-14H2,(H2,22,23,24). The number of carbonyl (C=O) groups excluding carboxylic acids is 1. The Bertz CT molecular complexity index is 794. The molecule has 0 aliphatic carbocycles. The van der Waals surface area contributed by atoms with Gasteiger partial charge in [0, 0.05) is 10.7 Å². The van der Waals surface area contributed by atoms with Gasteiger partial charge in [-0.05, 0) is 36.2 Å². The molecule has 0 saturated heterocycles. The van der Waals surface area contributed by atoms with Crippen molar-refractivity contribution in [3.8, 4) is 17.6 Å². The van der Waals surface area contributed by atoms with E-state index in [4.69, 9.17) is 16.3 Å². The fourth-order valence-corrected chi connectivity index (χ4v) is 2.25. The van der Waals surface area contributed by atoms with Gasteiger partial charge in [-0.2, -0.15) is 0 Å². The van der Waals surface area contributed by atoms with Gasteiger partial charge in [-0.3, -0.25) is 0 Å². The summed E-state index contributed by atoms with van der Waals surface area (Å²) in [5.74, 6) is 6.51. The summed E-state index contributed by atoms with van der Waals surface area (Å²) in [4.78, 5) is 11.7. The molecule has 2 aromatic rings. The number of carbonyl (C=O) groups is 1. The first kappa shape index (κ1) is 18.4. The first-order valence-corrected chi connectivity index (χ1v) is 8.14. The van der Waals surface area contributed by atoms with E-state index in [1.165, 1.54) is 0 Å². The van der Waals surface area contributed by atoms with Crippen LogP contribution in [0.2, 0.25) is 5.02 Å². The number of halogens is 1. The molecule has 0 bridgehead atoms. The summed E-state index contributed by atoms with van der Waals surface area (Å²) >= 11 is 5.86. The minimum atomic E-state index is -0.339. The Labute approximate surface area is 152 Å². The van der Waals surface area contributed by atoms with Gasteiger partial charge in [0.25, 0.3) is 0 Å². The summed E-state index contributed by atoms with van der Waals surface area (Å²) in [6.45, 7) is 4.21. The molecule has 25 heavy (non-hydrogen) atoms. The lowest BCUT2D eigenvalue weighted by Gasteiger charge is -2.07. The summed E-state index contributed by atoms with van der Waals surface area (Å²) < 4.78 is 5.64. The maximum atomic E-state index is 11.7. The number of nitrogens with one attached hydrogen (secondary N) is 2. The molecule has 0 aliphatic rings. The lowest BCUT2D eigenvalue weighted by molar-refractivity contribution is 0.253. The van der Waals surface area contributed by atoms with E-state index in [1.807, 2.05) is 30.3 Å². The normalized spacial score (nSPS) is 9.48. The minimum absolute atomic E-state index is 0.226. The third-order valence-corrected chi connectivity index (χ3v) is 3.42. The summed E-state index contributed by atoms with van der Waals surface area (Å²) in [5.41, 5.74) is 1.69. The monoisotopic (exact) mass is 354 g/mol. The summed E-state index contributed by atoms with van der Waals surface area (Å²) in [6.07, 6.45) is 2.57. The van der Waals surface area contributed by atoms with Crippen molar-refractivity contribution in [1.29, 1.82) is 0 Å². The zero-order valence-corrected chi connectivity index (χ0v) is 14.5. The smallest absolute Gasteiger partial charge is 0.319 e. The van der Waals surface area contributed by atoms with Crippen LogP contribution in [-0.4, -0.2) is 19.2 Å². The van der Waals surface area contributed by atoms with Crippen LogP contribution in [0.15, 0.2) is 61.2 Å². The molecule has 0 fully saturated rings. The largest absolute Gasteiger partial charge is 0.481 e. The first-order valence-electron chi connectivity index (χ1n) is 7.77. The second-order valence-corrected chi connectivity index (χ2v) is 5.50. The van der Waals surface area contributed by atoms with Crippen molar-refractivity contribution in [3.63, 3.8) is 0 Å². The number of allylic oxidation sites excluding steroid dienone is 1. The van der Waals surface area contributed by atoms with Gasteiger partial charge in [-0.15, -0.1) is 6.58 Å². The van der Waals surface area contributed by atoms with Gasteiger partial charge in [0.1, 0.15) is 12.4 Å². The number of urea groups is 1. The van der Waals surface area contributed by atoms with E-state index in [2.05, 4.69) is 29.1 Å². The van der Waals surface area contributed by atoms with Crippen molar-refractivity contribution in [3.05, 3.63) is 71.8 Å². The van der Waals surface area contributed by atoms with Gasteiger partial charge in [0.15, 0.2) is 0 Å². The number of benzene rings is 2. The molecular weight excluding hydrogens is 336 g/mol. The summed E-state index contributed by atoms with van der Waals surface area (Å²) in [7, 11) is 0. The molecule has 2 aromatic carbocycles. The molecule has 2 rings (SSSR count). The molecular formula is C20H19ClN2O2. The van der Waals surface area contributed by atoms with E-state index < -0.39 is 0 Å². The molecule has 0 unspecified atom stereocenters. The fraction of sp³-hybridized carbons (Fsp3) is 0.150. The Morgan fingerprint density at radius 1 is 1.20 bits per heavy atom. The fourth-order valence-electron chi connectivity index (χ4n) is 2.06. The lowest BCUT2D eigenvalue weighted by Crippen LogP contribution is -2.28. The van der Waals surface area contributed by atoms with Gasteiger partial charge >= 0.3 is 6.03 Å². The Balaban J connectivity index is 1.72. The van der Waals surface area contributed by atoms with Crippen molar-refractivity contribution < 1.29 is 9.53 Å². The minimum Gasteiger partial charge on any atom is -0.481 e. The van der Waals surface area contributed by atoms with E-state index in [1.54, 1.807) is 24.3 Å². The molecule has 0 spiro atoms. The molecule has 0 saturated carbocycles. The van der Waals surface area contributed by atoms with Gasteiger partial charge < -0.3 is 15.4 Å². The van der Waals surface area contributed by atoms with Gasteiger partial charge in [-0.25, -0.2) is 4.79 Å². The molecule has 0 heterocycles. The zero-order valence-electron chi connectivity index (χ0n) is 13.7. The Morgan fingerprint density at radius 3 is 2.84 bits per heavy atom. The molecule has 0 atom stereocenters. The number of hydrogen-bond donors (Lipinski definition) is 2. The second kappa shape index (κ2) is 10.1. The number of ether oxygens (including phenoxy) is 1. The SMILES string of the molecule is C=CCc1ccccc1OCC#CCNC(=O)Nc1cccc(Cl)c1. The van der Waals surface area contributed by atoms with Crippen LogP contribution < -0.4 is 15.4 Å². The number of hydrogen-bond acceptors (Lipinski definition) is 2. The van der Waals surface area contributed by atoms with E-state index in [0.29, 0.717) is 10.7 Å². The van der Waals surface area contributed by atoms with Crippen LogP contribution in [0.5, 0.6) is 5.75 Å². The van der Waals surface area contributed by atoms with Crippen LogP contribution in [-0.2, 0) is 6.42 Å². The maximum absolute atomic E-state index is 11.7. The Morgan fingerprint density at radius 2 is 2.04 bits per heavy atom. The van der Waals surface area contributed by atoms with Crippen molar-refractivity contribution >= 4 is 23.3 Å². The highest BCUT2D eigenvalue weighted by molar-refractivity contribution is 6.30. The zero-order chi connectivity index (χ0) is 17.9. The quantitative estimate of drug-likeness (QED) is 0.601. The number of amides is 2. The van der Waals surface area contributed by atoms with Crippen LogP contribution in [0.3, 0.4) is 0 Å². The van der Waals surface area contributed by atoms with Crippen LogP contribution >= 0.6 is 11.6 Å². The van der Waals surface area contributed by atoms with E-state index >= 15 is 0 Å². The topological polar surface area (TPSA) is 50.4 Å². The molecule has 4 nitrogen and oxygen atoms in total. The maximum Gasteiger partial charge on any atom is 0.319 e. The average Bonchev–Trinajstić information content (AvgIpc) is 2.59. The first-order chi connectivity index (χ1) is 12.2. The van der Waals surface area contributed by atoms with Crippen molar-refractivity contribution in [2.24, 2.45) is 0 Å². The van der Waals surface area contributed by atoms with Gasteiger partial charge in [0.05, 0.1) is 6.54 Å². The predicted molar refractivity (Wildman–Crippen MR) is 102 cm³/mol. The molecule has 128 valence electrons. The molecule has 2 N–H and O–H groups in total. The molecule has 2 amide bonds. The van der Waals surface area contributed by atoms with Gasteiger partial charge in [-0.1, -0.05) is 53.8 Å². The number of rotatable bonds is 6. The highest BCUT2D eigenvalue weighted by Crippen LogP contribution is 2.18. The van der Waals surface area contributed by atoms with E-state index in [9.17, 15) is 4.79 Å². The third-order valence-electron chi connectivity index (χ3n) is 3.18. The second-order valence-electron chi connectivity index (χ2n) is 5.06. The van der Waals surface area contributed by atoms with Crippen LogP contribution in [0.25, 0.3) is 0 Å². The third kappa shape index (κ3) is 6.62.